The van der Waals surface area contributed by atoms with Crippen LogP contribution in [0.2, 0.25) is 0 Å². The molecule has 0 fully saturated rings. The van der Waals surface area contributed by atoms with Crippen molar-refractivity contribution in [3.8, 4) is 0 Å². The van der Waals surface area contributed by atoms with Crippen molar-refractivity contribution in [2.24, 2.45) is 0 Å². The van der Waals surface area contributed by atoms with Crippen molar-refractivity contribution in [1.29, 1.82) is 0 Å². The van der Waals surface area contributed by atoms with Crippen LogP contribution in [-0.4, -0.2) is 43.4 Å². The molecule has 0 aliphatic rings. The Bertz CT molecular complexity index is 85.7. The van der Waals surface area contributed by atoms with E-state index in [-0.39, 0.29) is 6.10 Å². The minimum Gasteiger partial charge on any atom is -0.393 e. The molecule has 0 aromatic heterocycles. The van der Waals surface area contributed by atoms with Gasteiger partial charge in [0, 0.05) is 6.42 Å². The number of aliphatic hydroxyl groups is 1. The van der Waals surface area contributed by atoms with Gasteiger partial charge in [0.15, 0.2) is 0 Å². The number of hydrogen-bond donors (Lipinski definition) is 1. The van der Waals surface area contributed by atoms with E-state index >= 15 is 0 Å². The van der Waals surface area contributed by atoms with Crippen LogP contribution in [0.1, 0.15) is 19.8 Å². The van der Waals surface area contributed by atoms with Gasteiger partial charge in [-0.2, -0.15) is 0 Å². The first-order chi connectivity index (χ1) is 4.45. The quantitative estimate of drug-likeness (QED) is 0.583. The summed E-state index contributed by atoms with van der Waals surface area (Å²) in [5.74, 6) is 0. The Kier molecular flexibility index (Phi) is 3.91. The molecule has 1 unspecified atom stereocenters. The zero-order chi connectivity index (χ0) is 8.20. The fourth-order valence-corrected chi connectivity index (χ4v) is 0.740. The maximum Gasteiger partial charge on any atom is 0.0805 e. The monoisotopic (exact) mass is 146 g/mol. The van der Waals surface area contributed by atoms with Crippen molar-refractivity contribution in [3.63, 3.8) is 0 Å². The predicted octanol–water partition coefficient (Wildman–Crippen LogP) is 0.854. The van der Waals surface area contributed by atoms with E-state index in [0.717, 1.165) is 23.9 Å². The molecule has 62 valence electrons. The zero-order valence-electron chi connectivity index (χ0n) is 7.59. The summed E-state index contributed by atoms with van der Waals surface area (Å²) in [6.45, 7) is 3.06. The van der Waals surface area contributed by atoms with Crippen molar-refractivity contribution in [1.82, 2.24) is 0 Å². The van der Waals surface area contributed by atoms with Crippen LogP contribution in [0.4, 0.5) is 0 Å². The third-order valence-corrected chi connectivity index (χ3v) is 1.60. The molecular formula is C8H20NO+. The van der Waals surface area contributed by atoms with Crippen LogP contribution >= 0.6 is 0 Å². The van der Waals surface area contributed by atoms with Gasteiger partial charge >= 0.3 is 0 Å². The standard InChI is InChI=1S/C8H20NO/c1-5-8(10)6-7-9(2,3)4/h8,10H,5-7H2,1-4H3/q+1. The van der Waals surface area contributed by atoms with E-state index in [1.807, 2.05) is 6.92 Å². The second kappa shape index (κ2) is 3.94. The molecule has 2 heteroatoms. The Hall–Kier alpha value is -0.0800. The molecule has 0 aliphatic heterocycles. The van der Waals surface area contributed by atoms with Crippen molar-refractivity contribution in [2.75, 3.05) is 27.7 Å². The van der Waals surface area contributed by atoms with E-state index in [4.69, 9.17) is 0 Å². The predicted molar refractivity (Wildman–Crippen MR) is 43.8 cm³/mol. The van der Waals surface area contributed by atoms with E-state index < -0.39 is 0 Å². The van der Waals surface area contributed by atoms with Gasteiger partial charge in [0.2, 0.25) is 0 Å². The summed E-state index contributed by atoms with van der Waals surface area (Å²) in [5.41, 5.74) is 0. The lowest BCUT2D eigenvalue weighted by atomic mass is 10.2. The van der Waals surface area contributed by atoms with Gasteiger partial charge in [0.1, 0.15) is 0 Å². The summed E-state index contributed by atoms with van der Waals surface area (Å²) in [4.78, 5) is 0. The fourth-order valence-electron chi connectivity index (χ4n) is 0.740. The Morgan fingerprint density at radius 3 is 2.10 bits per heavy atom. The lowest BCUT2D eigenvalue weighted by Crippen LogP contribution is -2.36. The molecule has 0 bridgehead atoms. The van der Waals surface area contributed by atoms with Gasteiger partial charge < -0.3 is 9.59 Å². The van der Waals surface area contributed by atoms with E-state index in [1.54, 1.807) is 0 Å². The highest BCUT2D eigenvalue weighted by Crippen LogP contribution is 2.00. The second-order valence-corrected chi connectivity index (χ2v) is 3.86. The van der Waals surface area contributed by atoms with Crippen molar-refractivity contribution in [3.05, 3.63) is 0 Å². The molecule has 0 heterocycles. The third-order valence-electron chi connectivity index (χ3n) is 1.60. The average molecular weight is 146 g/mol. The summed E-state index contributed by atoms with van der Waals surface area (Å²) in [6.07, 6.45) is 1.69. The number of nitrogens with zero attached hydrogens (tertiary/aromatic N) is 1. The lowest BCUT2D eigenvalue weighted by Gasteiger charge is -2.24. The molecule has 0 rings (SSSR count). The van der Waals surface area contributed by atoms with E-state index in [9.17, 15) is 5.11 Å². The molecule has 0 saturated carbocycles. The Labute approximate surface area is 64.1 Å². The van der Waals surface area contributed by atoms with Crippen molar-refractivity contribution < 1.29 is 9.59 Å². The SMILES string of the molecule is CCC(O)CC[N+](C)(C)C. The first-order valence-electron chi connectivity index (χ1n) is 3.94. The molecular weight excluding hydrogens is 126 g/mol. The molecule has 0 aromatic rings. The maximum absolute atomic E-state index is 9.21. The molecule has 0 aromatic carbocycles. The number of hydrogen-bond acceptors (Lipinski definition) is 1. The van der Waals surface area contributed by atoms with Crippen LogP contribution in [0, 0.1) is 0 Å². The number of aliphatic hydroxyl groups excluding tert-OH is 1. The van der Waals surface area contributed by atoms with Crippen LogP contribution in [-0.2, 0) is 0 Å². The molecule has 2 nitrogen and oxygen atoms in total. The average Bonchev–Trinajstić information content (AvgIpc) is 1.81. The van der Waals surface area contributed by atoms with Gasteiger partial charge in [0.25, 0.3) is 0 Å². The van der Waals surface area contributed by atoms with Gasteiger partial charge in [0.05, 0.1) is 33.8 Å². The first kappa shape index (κ1) is 9.92. The summed E-state index contributed by atoms with van der Waals surface area (Å²) in [6, 6.07) is 0. The Morgan fingerprint density at radius 1 is 1.30 bits per heavy atom. The molecule has 1 atom stereocenters. The minimum absolute atomic E-state index is 0.0997. The van der Waals surface area contributed by atoms with Gasteiger partial charge in [-0.1, -0.05) is 6.92 Å². The summed E-state index contributed by atoms with van der Waals surface area (Å²) >= 11 is 0. The summed E-state index contributed by atoms with van der Waals surface area (Å²) in [5, 5.41) is 9.21. The topological polar surface area (TPSA) is 20.2 Å². The Balaban J connectivity index is 3.36. The van der Waals surface area contributed by atoms with Crippen LogP contribution in [0.5, 0.6) is 0 Å². The normalized spacial score (nSPS) is 15.3. The molecule has 10 heavy (non-hydrogen) atoms. The van der Waals surface area contributed by atoms with Gasteiger partial charge in [-0.25, -0.2) is 0 Å². The molecule has 0 spiro atoms. The van der Waals surface area contributed by atoms with Crippen molar-refractivity contribution >= 4 is 0 Å². The molecule has 0 saturated heterocycles. The fraction of sp³-hybridized carbons (Fsp3) is 1.00. The number of rotatable bonds is 4. The van der Waals surface area contributed by atoms with Crippen LogP contribution < -0.4 is 0 Å². The molecule has 1 N–H and O–H groups in total. The van der Waals surface area contributed by atoms with Gasteiger partial charge in [-0.05, 0) is 6.42 Å². The smallest absolute Gasteiger partial charge is 0.0805 e. The Morgan fingerprint density at radius 2 is 1.80 bits per heavy atom. The summed E-state index contributed by atoms with van der Waals surface area (Å²) < 4.78 is 0.942. The highest BCUT2D eigenvalue weighted by molar-refractivity contribution is 4.49. The van der Waals surface area contributed by atoms with Crippen LogP contribution in [0.3, 0.4) is 0 Å². The van der Waals surface area contributed by atoms with E-state index in [2.05, 4.69) is 21.1 Å². The highest BCUT2D eigenvalue weighted by atomic mass is 16.3. The third kappa shape index (κ3) is 6.05. The van der Waals surface area contributed by atoms with E-state index in [0.29, 0.717) is 0 Å². The molecule has 0 aliphatic carbocycles. The first-order valence-corrected chi connectivity index (χ1v) is 3.94. The highest BCUT2D eigenvalue weighted by Gasteiger charge is 2.09. The van der Waals surface area contributed by atoms with Gasteiger partial charge in [-0.3, -0.25) is 0 Å². The van der Waals surface area contributed by atoms with Crippen LogP contribution in [0.15, 0.2) is 0 Å². The largest absolute Gasteiger partial charge is 0.393 e. The minimum atomic E-state index is -0.0997. The van der Waals surface area contributed by atoms with Crippen molar-refractivity contribution in [2.45, 2.75) is 25.9 Å². The summed E-state index contributed by atoms with van der Waals surface area (Å²) in [7, 11) is 6.42. The van der Waals surface area contributed by atoms with Gasteiger partial charge in [-0.15, -0.1) is 0 Å². The van der Waals surface area contributed by atoms with E-state index in [1.165, 1.54) is 0 Å². The second-order valence-electron chi connectivity index (χ2n) is 3.86. The van der Waals surface area contributed by atoms with Crippen LogP contribution in [0.25, 0.3) is 0 Å². The zero-order valence-corrected chi connectivity index (χ0v) is 7.59. The molecule has 0 radical (unpaired) electrons. The number of quaternary nitrogens is 1. The lowest BCUT2D eigenvalue weighted by molar-refractivity contribution is -0.870. The maximum atomic E-state index is 9.21. The molecule has 0 amide bonds.